The summed E-state index contributed by atoms with van der Waals surface area (Å²) in [5.41, 5.74) is 1.89. The van der Waals surface area contributed by atoms with Gasteiger partial charge in [0.15, 0.2) is 17.3 Å². The van der Waals surface area contributed by atoms with Gasteiger partial charge >= 0.3 is 0 Å². The molecule has 4 heterocycles. The molecule has 1 aromatic carbocycles. The molecule has 0 aliphatic carbocycles. The zero-order chi connectivity index (χ0) is 20.3. The van der Waals surface area contributed by atoms with E-state index in [-0.39, 0.29) is 5.52 Å². The molecule has 1 N–H and O–H groups in total. The average molecular weight is 392 g/mol. The van der Waals surface area contributed by atoms with Gasteiger partial charge in [0, 0.05) is 42.7 Å². The van der Waals surface area contributed by atoms with Crippen LogP contribution in [0.4, 0.5) is 14.6 Å². The Hall–Kier alpha value is -3.31. The fourth-order valence-electron chi connectivity index (χ4n) is 4.20. The van der Waals surface area contributed by atoms with Crippen LogP contribution >= 0.6 is 0 Å². The number of nitriles is 1. The van der Waals surface area contributed by atoms with Gasteiger partial charge in [-0.25, -0.2) is 18.7 Å². The van der Waals surface area contributed by atoms with Crippen molar-refractivity contribution in [3.05, 3.63) is 47.5 Å². The summed E-state index contributed by atoms with van der Waals surface area (Å²) in [5, 5.41) is 13.8. The molecule has 0 amide bonds. The number of rotatable bonds is 1. The number of fused-ring (bicyclic) bond motifs is 5. The largest absolute Gasteiger partial charge is 0.353 e. The Morgan fingerprint density at radius 1 is 1.03 bits per heavy atom. The topological polar surface area (TPSA) is 69.2 Å². The molecule has 6 nitrogen and oxygen atoms in total. The molecule has 2 atom stereocenters. The van der Waals surface area contributed by atoms with Crippen molar-refractivity contribution in [1.82, 2.24) is 19.7 Å². The van der Waals surface area contributed by atoms with Gasteiger partial charge in [0.25, 0.3) is 0 Å². The molecule has 0 spiro atoms. The molecular formula is C21H18F2N6. The second kappa shape index (κ2) is 6.36. The van der Waals surface area contributed by atoms with Crippen LogP contribution in [0, 0.1) is 23.0 Å². The molecule has 0 saturated carbocycles. The maximum absolute atomic E-state index is 14.0. The molecule has 1 fully saturated rings. The normalized spacial score (nSPS) is 19.9. The van der Waals surface area contributed by atoms with Crippen molar-refractivity contribution in [3.63, 3.8) is 0 Å². The van der Waals surface area contributed by atoms with E-state index in [4.69, 9.17) is 4.98 Å². The number of nitrogens with zero attached hydrogens (tertiary/aromatic N) is 5. The number of piperazine rings is 1. The van der Waals surface area contributed by atoms with Crippen LogP contribution in [0.2, 0.25) is 0 Å². The molecular weight excluding hydrogens is 374 g/mol. The van der Waals surface area contributed by atoms with Gasteiger partial charge in [-0.2, -0.15) is 5.26 Å². The van der Waals surface area contributed by atoms with Crippen molar-refractivity contribution in [1.29, 1.82) is 5.26 Å². The summed E-state index contributed by atoms with van der Waals surface area (Å²) < 4.78 is 29.4. The minimum Gasteiger partial charge on any atom is -0.353 e. The summed E-state index contributed by atoms with van der Waals surface area (Å²) in [5.74, 6) is -1.13. The highest BCUT2D eigenvalue weighted by atomic mass is 19.2. The monoisotopic (exact) mass is 392 g/mol. The van der Waals surface area contributed by atoms with E-state index in [2.05, 4.69) is 35.1 Å². The lowest BCUT2D eigenvalue weighted by Crippen LogP contribution is -2.54. The maximum atomic E-state index is 14.0. The van der Waals surface area contributed by atoms with E-state index in [0.29, 0.717) is 34.5 Å². The number of nitrogens with one attached hydrogen (secondary N) is 1. The Balaban J connectivity index is 1.81. The number of benzene rings is 1. The molecule has 4 aromatic rings. The third-order valence-electron chi connectivity index (χ3n) is 5.34. The van der Waals surface area contributed by atoms with Gasteiger partial charge in [-0.1, -0.05) is 0 Å². The first-order chi connectivity index (χ1) is 13.9. The third-order valence-corrected chi connectivity index (χ3v) is 5.34. The predicted molar refractivity (Wildman–Crippen MR) is 107 cm³/mol. The smallest absolute Gasteiger partial charge is 0.161 e. The number of pyridine rings is 2. The molecule has 1 aliphatic rings. The van der Waals surface area contributed by atoms with Crippen LogP contribution in [0.5, 0.6) is 0 Å². The Kier molecular flexibility index (Phi) is 3.89. The van der Waals surface area contributed by atoms with Crippen LogP contribution in [0.25, 0.3) is 27.7 Å². The number of halogens is 2. The number of hydrogen-bond acceptors (Lipinski definition) is 5. The summed E-state index contributed by atoms with van der Waals surface area (Å²) in [6, 6.07) is 10.5. The van der Waals surface area contributed by atoms with E-state index in [9.17, 15) is 14.0 Å². The van der Waals surface area contributed by atoms with Gasteiger partial charge in [0.05, 0.1) is 16.6 Å². The zero-order valence-corrected chi connectivity index (χ0v) is 15.9. The Morgan fingerprint density at radius 2 is 1.76 bits per heavy atom. The SMILES string of the molecule is C[C@@H]1CN(c2ccc3cc(C#N)c4nc5cc(F)c(F)cc5n4c3n2)C[C@H](C)N1. The third kappa shape index (κ3) is 2.77. The summed E-state index contributed by atoms with van der Waals surface area (Å²) in [7, 11) is 0. The van der Waals surface area contributed by atoms with E-state index >= 15 is 0 Å². The summed E-state index contributed by atoms with van der Waals surface area (Å²) in [4.78, 5) is 11.4. The highest BCUT2D eigenvalue weighted by Gasteiger charge is 2.23. The minimum absolute atomic E-state index is 0.282. The molecule has 1 saturated heterocycles. The van der Waals surface area contributed by atoms with Crippen LogP contribution < -0.4 is 10.2 Å². The standard InChI is InChI=1S/C21H18F2N6/c1-11-9-28(10-12(2)25-11)19-4-3-13-5-14(8-24)21-26-17-6-15(22)16(23)7-18(17)29(21)20(13)27-19/h3-7,11-12,25H,9-10H2,1-2H3/t11-,12+. The number of aromatic nitrogens is 3. The van der Waals surface area contributed by atoms with Crippen molar-refractivity contribution >= 4 is 33.5 Å². The highest BCUT2D eigenvalue weighted by Crippen LogP contribution is 2.28. The highest BCUT2D eigenvalue weighted by molar-refractivity contribution is 5.91. The lowest BCUT2D eigenvalue weighted by Gasteiger charge is -2.37. The molecule has 0 radical (unpaired) electrons. The second-order valence-corrected chi connectivity index (χ2v) is 7.65. The summed E-state index contributed by atoms with van der Waals surface area (Å²) >= 11 is 0. The molecule has 146 valence electrons. The van der Waals surface area contributed by atoms with Crippen molar-refractivity contribution < 1.29 is 8.78 Å². The molecule has 5 rings (SSSR count). The minimum atomic E-state index is -0.971. The van der Waals surface area contributed by atoms with Crippen molar-refractivity contribution in [3.8, 4) is 6.07 Å². The van der Waals surface area contributed by atoms with Gasteiger partial charge in [-0.15, -0.1) is 0 Å². The summed E-state index contributed by atoms with van der Waals surface area (Å²) in [6.07, 6.45) is 0. The van der Waals surface area contributed by atoms with Crippen LogP contribution in [0.3, 0.4) is 0 Å². The van der Waals surface area contributed by atoms with Crippen LogP contribution in [0.15, 0.2) is 30.3 Å². The Labute approximate surface area is 165 Å². The lowest BCUT2D eigenvalue weighted by molar-refractivity contribution is 0.405. The van der Waals surface area contributed by atoms with Crippen molar-refractivity contribution in [2.45, 2.75) is 25.9 Å². The molecule has 0 bridgehead atoms. The van der Waals surface area contributed by atoms with E-state index < -0.39 is 11.6 Å². The Morgan fingerprint density at radius 3 is 2.48 bits per heavy atom. The number of imidazole rings is 1. The first kappa shape index (κ1) is 17.8. The predicted octanol–water partition coefficient (Wildman–Crippen LogP) is 3.37. The van der Waals surface area contributed by atoms with E-state index in [1.165, 1.54) is 0 Å². The maximum Gasteiger partial charge on any atom is 0.161 e. The first-order valence-corrected chi connectivity index (χ1v) is 9.46. The van der Waals surface area contributed by atoms with Gasteiger partial charge in [0.1, 0.15) is 17.5 Å². The van der Waals surface area contributed by atoms with E-state index in [1.54, 1.807) is 10.5 Å². The van der Waals surface area contributed by atoms with Crippen LogP contribution in [0.1, 0.15) is 19.4 Å². The van der Waals surface area contributed by atoms with Gasteiger partial charge < -0.3 is 10.2 Å². The average Bonchev–Trinajstić information content (AvgIpc) is 3.05. The van der Waals surface area contributed by atoms with Crippen LogP contribution in [-0.2, 0) is 0 Å². The van der Waals surface area contributed by atoms with Gasteiger partial charge in [-0.05, 0) is 32.0 Å². The lowest BCUT2D eigenvalue weighted by atomic mass is 10.1. The number of hydrogen-bond donors (Lipinski definition) is 1. The van der Waals surface area contributed by atoms with Gasteiger partial charge in [0.2, 0.25) is 0 Å². The summed E-state index contributed by atoms with van der Waals surface area (Å²) in [6.45, 7) is 5.88. The quantitative estimate of drug-likeness (QED) is 0.538. The molecule has 8 heteroatoms. The fraction of sp³-hybridized carbons (Fsp3) is 0.286. The Bertz CT molecular complexity index is 1310. The van der Waals surface area contributed by atoms with E-state index in [0.717, 1.165) is 36.4 Å². The molecule has 3 aromatic heterocycles. The number of anilines is 1. The van der Waals surface area contributed by atoms with Crippen LogP contribution in [-0.4, -0.2) is 39.5 Å². The molecule has 29 heavy (non-hydrogen) atoms. The van der Waals surface area contributed by atoms with Gasteiger partial charge in [-0.3, -0.25) is 4.40 Å². The van der Waals surface area contributed by atoms with Crippen molar-refractivity contribution in [2.24, 2.45) is 0 Å². The fourth-order valence-corrected chi connectivity index (χ4v) is 4.20. The molecule has 1 aliphatic heterocycles. The molecule has 0 unspecified atom stereocenters. The zero-order valence-electron chi connectivity index (χ0n) is 15.9. The van der Waals surface area contributed by atoms with E-state index in [1.807, 2.05) is 12.1 Å². The second-order valence-electron chi connectivity index (χ2n) is 7.65. The van der Waals surface area contributed by atoms with Crippen molar-refractivity contribution in [2.75, 3.05) is 18.0 Å². The first-order valence-electron chi connectivity index (χ1n) is 9.46.